The van der Waals surface area contributed by atoms with Crippen LogP contribution in [0, 0.1) is 0 Å². The second-order valence-electron chi connectivity index (χ2n) is 4.95. The van der Waals surface area contributed by atoms with Crippen molar-refractivity contribution < 1.29 is 17.6 Å². The molecular formula is C12H13F3N2O. The van der Waals surface area contributed by atoms with E-state index < -0.39 is 17.3 Å². The highest BCUT2D eigenvalue weighted by atomic mass is 19.4. The fourth-order valence-electron chi connectivity index (χ4n) is 1.62. The van der Waals surface area contributed by atoms with Crippen LogP contribution in [0.1, 0.15) is 25.3 Å². The summed E-state index contributed by atoms with van der Waals surface area (Å²) in [5, 5.41) is 0. The number of alkyl halides is 3. The van der Waals surface area contributed by atoms with Crippen molar-refractivity contribution in [3.63, 3.8) is 0 Å². The quantitative estimate of drug-likeness (QED) is 0.900. The van der Waals surface area contributed by atoms with Crippen LogP contribution in [0.15, 0.2) is 22.6 Å². The molecule has 0 aliphatic carbocycles. The van der Waals surface area contributed by atoms with Gasteiger partial charge in [-0.15, -0.1) is 0 Å². The Bertz CT molecular complexity index is 567. The minimum Gasteiger partial charge on any atom is -0.441 e. The van der Waals surface area contributed by atoms with Crippen molar-refractivity contribution in [3.05, 3.63) is 29.7 Å². The fraction of sp³-hybridized carbons (Fsp3) is 0.417. The van der Waals surface area contributed by atoms with E-state index in [1.165, 1.54) is 6.07 Å². The highest BCUT2D eigenvalue weighted by Crippen LogP contribution is 2.31. The van der Waals surface area contributed by atoms with Crippen molar-refractivity contribution >= 4 is 11.1 Å². The summed E-state index contributed by atoms with van der Waals surface area (Å²) < 4.78 is 42.9. The van der Waals surface area contributed by atoms with Crippen molar-refractivity contribution in [1.82, 2.24) is 4.98 Å². The number of oxazole rings is 1. The maximum atomic E-state index is 12.5. The van der Waals surface area contributed by atoms with Gasteiger partial charge in [0.05, 0.1) is 5.56 Å². The van der Waals surface area contributed by atoms with Crippen LogP contribution in [0.4, 0.5) is 13.2 Å². The molecule has 2 N–H and O–H groups in total. The van der Waals surface area contributed by atoms with Crippen LogP contribution in [-0.2, 0) is 12.6 Å². The summed E-state index contributed by atoms with van der Waals surface area (Å²) in [7, 11) is 0. The summed E-state index contributed by atoms with van der Waals surface area (Å²) in [4.78, 5) is 4.03. The standard InChI is InChI=1S/C12H13F3N2O/c1-11(2,16)6-10-17-8-5-7(12(13,14)15)3-4-9(8)18-10/h3-5H,6,16H2,1-2H3. The van der Waals surface area contributed by atoms with Crippen molar-refractivity contribution in [1.29, 1.82) is 0 Å². The van der Waals surface area contributed by atoms with E-state index in [4.69, 9.17) is 10.2 Å². The molecule has 0 saturated carbocycles. The lowest BCUT2D eigenvalue weighted by Crippen LogP contribution is -2.34. The van der Waals surface area contributed by atoms with Crippen molar-refractivity contribution in [3.8, 4) is 0 Å². The van der Waals surface area contributed by atoms with E-state index >= 15 is 0 Å². The molecule has 0 amide bonds. The monoisotopic (exact) mass is 258 g/mol. The van der Waals surface area contributed by atoms with Gasteiger partial charge in [-0.3, -0.25) is 0 Å². The second kappa shape index (κ2) is 3.98. The van der Waals surface area contributed by atoms with Gasteiger partial charge in [-0.25, -0.2) is 4.98 Å². The highest BCUT2D eigenvalue weighted by Gasteiger charge is 2.31. The number of fused-ring (bicyclic) bond motifs is 1. The Morgan fingerprint density at radius 1 is 1.28 bits per heavy atom. The first-order valence-corrected chi connectivity index (χ1v) is 5.41. The molecule has 1 aromatic heterocycles. The second-order valence-corrected chi connectivity index (χ2v) is 4.95. The minimum absolute atomic E-state index is 0.198. The fourth-order valence-corrected chi connectivity index (χ4v) is 1.62. The summed E-state index contributed by atoms with van der Waals surface area (Å²) in [5.41, 5.74) is 5.09. The topological polar surface area (TPSA) is 52.0 Å². The Balaban J connectivity index is 2.40. The van der Waals surface area contributed by atoms with Crippen LogP contribution >= 0.6 is 0 Å². The number of halogens is 3. The number of rotatable bonds is 2. The molecule has 0 atom stereocenters. The Labute approximate surface area is 102 Å². The zero-order valence-electron chi connectivity index (χ0n) is 10.0. The van der Waals surface area contributed by atoms with Gasteiger partial charge in [-0.1, -0.05) is 0 Å². The zero-order chi connectivity index (χ0) is 13.6. The minimum atomic E-state index is -4.37. The molecule has 3 nitrogen and oxygen atoms in total. The lowest BCUT2D eigenvalue weighted by molar-refractivity contribution is -0.137. The summed E-state index contributed by atoms with van der Waals surface area (Å²) in [5.74, 6) is 0.344. The van der Waals surface area contributed by atoms with E-state index in [0.29, 0.717) is 17.9 Å². The van der Waals surface area contributed by atoms with Crippen molar-refractivity contribution in [2.75, 3.05) is 0 Å². The smallest absolute Gasteiger partial charge is 0.416 e. The van der Waals surface area contributed by atoms with Crippen LogP contribution in [0.25, 0.3) is 11.1 Å². The summed E-state index contributed by atoms with van der Waals surface area (Å²) in [6.45, 7) is 3.59. The van der Waals surface area contributed by atoms with Gasteiger partial charge in [0, 0.05) is 12.0 Å². The average Bonchev–Trinajstić information content (AvgIpc) is 2.53. The van der Waals surface area contributed by atoms with Gasteiger partial charge in [0.25, 0.3) is 0 Å². The molecule has 0 radical (unpaired) electrons. The van der Waals surface area contributed by atoms with E-state index in [-0.39, 0.29) is 5.52 Å². The van der Waals surface area contributed by atoms with E-state index in [1.807, 2.05) is 0 Å². The van der Waals surface area contributed by atoms with E-state index in [0.717, 1.165) is 12.1 Å². The molecule has 2 rings (SSSR count). The molecule has 18 heavy (non-hydrogen) atoms. The average molecular weight is 258 g/mol. The molecule has 0 bridgehead atoms. The third-order valence-corrected chi connectivity index (χ3v) is 2.37. The van der Waals surface area contributed by atoms with Gasteiger partial charge < -0.3 is 10.2 Å². The third-order valence-electron chi connectivity index (χ3n) is 2.37. The van der Waals surface area contributed by atoms with E-state index in [9.17, 15) is 13.2 Å². The van der Waals surface area contributed by atoms with Gasteiger partial charge in [0.15, 0.2) is 11.5 Å². The van der Waals surface area contributed by atoms with Gasteiger partial charge in [0.2, 0.25) is 0 Å². The molecule has 0 unspecified atom stereocenters. The molecule has 0 aliphatic rings. The highest BCUT2D eigenvalue weighted by molar-refractivity contribution is 5.73. The van der Waals surface area contributed by atoms with Gasteiger partial charge in [-0.2, -0.15) is 13.2 Å². The van der Waals surface area contributed by atoms with Gasteiger partial charge in [0.1, 0.15) is 5.52 Å². The molecule has 2 aromatic rings. The Morgan fingerprint density at radius 3 is 2.50 bits per heavy atom. The molecule has 0 saturated heterocycles. The third kappa shape index (κ3) is 2.81. The van der Waals surface area contributed by atoms with Crippen LogP contribution in [0.5, 0.6) is 0 Å². The number of nitrogens with zero attached hydrogens (tertiary/aromatic N) is 1. The first-order valence-electron chi connectivity index (χ1n) is 5.41. The summed E-state index contributed by atoms with van der Waals surface area (Å²) >= 11 is 0. The predicted octanol–water partition coefficient (Wildman–Crippen LogP) is 3.13. The molecule has 0 spiro atoms. The predicted molar refractivity (Wildman–Crippen MR) is 61.0 cm³/mol. The van der Waals surface area contributed by atoms with E-state index in [1.54, 1.807) is 13.8 Å². The number of benzene rings is 1. The van der Waals surface area contributed by atoms with Crippen LogP contribution in [0.3, 0.4) is 0 Å². The maximum absolute atomic E-state index is 12.5. The van der Waals surface area contributed by atoms with Gasteiger partial charge in [-0.05, 0) is 32.0 Å². The first kappa shape index (κ1) is 12.9. The first-order chi connectivity index (χ1) is 8.15. The molecule has 0 fully saturated rings. The van der Waals surface area contributed by atoms with E-state index in [2.05, 4.69) is 4.98 Å². The normalized spacial score (nSPS) is 13.2. The SMILES string of the molecule is CC(C)(N)Cc1nc2cc(C(F)(F)F)ccc2o1. The maximum Gasteiger partial charge on any atom is 0.416 e. The summed E-state index contributed by atoms with van der Waals surface area (Å²) in [6, 6.07) is 3.23. The zero-order valence-corrected chi connectivity index (χ0v) is 10.0. The Morgan fingerprint density at radius 2 is 1.94 bits per heavy atom. The molecule has 6 heteroatoms. The molecule has 1 aromatic carbocycles. The van der Waals surface area contributed by atoms with Crippen molar-refractivity contribution in [2.45, 2.75) is 32.0 Å². The number of nitrogens with two attached hydrogens (primary N) is 1. The Hall–Kier alpha value is -1.56. The van der Waals surface area contributed by atoms with Crippen molar-refractivity contribution in [2.24, 2.45) is 5.73 Å². The molecular weight excluding hydrogens is 245 g/mol. The number of aromatic nitrogens is 1. The molecule has 98 valence electrons. The number of hydrogen-bond acceptors (Lipinski definition) is 3. The number of hydrogen-bond donors (Lipinski definition) is 1. The lowest BCUT2D eigenvalue weighted by Gasteiger charge is -2.14. The molecule has 0 aliphatic heterocycles. The van der Waals surface area contributed by atoms with Gasteiger partial charge >= 0.3 is 6.18 Å². The van der Waals surface area contributed by atoms with Crippen LogP contribution < -0.4 is 5.73 Å². The van der Waals surface area contributed by atoms with Crippen LogP contribution in [-0.4, -0.2) is 10.5 Å². The Kier molecular flexibility index (Phi) is 2.85. The largest absolute Gasteiger partial charge is 0.441 e. The summed E-state index contributed by atoms with van der Waals surface area (Å²) in [6.07, 6.45) is -4.01. The molecule has 1 heterocycles. The lowest BCUT2D eigenvalue weighted by atomic mass is 10.0. The van der Waals surface area contributed by atoms with Crippen LogP contribution in [0.2, 0.25) is 0 Å².